The Bertz CT molecular complexity index is 509. The van der Waals surface area contributed by atoms with E-state index < -0.39 is 13.0 Å². The van der Waals surface area contributed by atoms with Gasteiger partial charge in [-0.15, -0.1) is 18.2 Å². The molecule has 1 radical (unpaired) electrons. The second-order valence-electron chi connectivity index (χ2n) is 3.87. The third-order valence-electron chi connectivity index (χ3n) is 2.57. The first-order chi connectivity index (χ1) is 8.58. The number of nitrogens with zero attached hydrogens (tertiary/aromatic N) is 1. The zero-order valence-electron chi connectivity index (χ0n) is 10.2. The quantitative estimate of drug-likeness (QED) is 0.857. The average Bonchev–Trinajstić information content (AvgIpc) is 2.32. The van der Waals surface area contributed by atoms with Gasteiger partial charge < -0.3 is 10.0 Å². The van der Waals surface area contributed by atoms with E-state index in [1.54, 1.807) is 24.3 Å². The van der Waals surface area contributed by atoms with Gasteiger partial charge in [-0.25, -0.2) is 8.78 Å². The van der Waals surface area contributed by atoms with Crippen LogP contribution < -0.4 is 0 Å². The molecule has 0 atom stereocenters. The summed E-state index contributed by atoms with van der Waals surface area (Å²) < 4.78 is 25.1. The number of alkyl halides is 2. The van der Waals surface area contributed by atoms with Gasteiger partial charge in [-0.05, 0) is 17.8 Å². The van der Waals surface area contributed by atoms with Gasteiger partial charge in [0.15, 0.2) is 0 Å². The summed E-state index contributed by atoms with van der Waals surface area (Å²) in [6.45, 7) is 3.31. The molecule has 1 aromatic rings. The number of rotatable bonds is 3. The number of phenolic OH excluding ortho intramolecular Hbond substituents is 1. The van der Waals surface area contributed by atoms with E-state index in [-0.39, 0.29) is 38.5 Å². The Morgan fingerprint density at radius 3 is 2.47 bits per heavy atom. The van der Waals surface area contributed by atoms with Crippen molar-refractivity contribution >= 4 is 5.70 Å². The van der Waals surface area contributed by atoms with Crippen LogP contribution >= 0.6 is 0 Å². The van der Waals surface area contributed by atoms with Crippen LogP contribution in [-0.4, -0.2) is 23.0 Å². The predicted molar refractivity (Wildman–Crippen MR) is 65.7 cm³/mol. The third-order valence-corrected chi connectivity index (χ3v) is 2.57. The number of aromatic hydroxyl groups is 1. The molecule has 5 heteroatoms. The van der Waals surface area contributed by atoms with Crippen molar-refractivity contribution in [2.45, 2.75) is 6.43 Å². The van der Waals surface area contributed by atoms with E-state index in [2.05, 4.69) is 12.7 Å². The van der Waals surface area contributed by atoms with Gasteiger partial charge in [-0.3, -0.25) is 0 Å². The van der Waals surface area contributed by atoms with Gasteiger partial charge in [0.05, 0.1) is 6.54 Å². The van der Waals surface area contributed by atoms with Crippen molar-refractivity contribution in [3.05, 3.63) is 60.3 Å². The van der Waals surface area contributed by atoms with Gasteiger partial charge in [0, 0.05) is 32.7 Å². The van der Waals surface area contributed by atoms with Crippen molar-refractivity contribution in [2.24, 2.45) is 0 Å². The predicted octanol–water partition coefficient (Wildman–Crippen LogP) is 3.18. The second kappa shape index (κ2) is 6.97. The standard InChI is InChI=1S/C14H12F2NO.Y/c1-10-3-2-4-13(17(10)9-14(15)16)11-5-7-12(18)8-6-11;/h2-3,5-8,14,18H,1,9H2;/q-1;. The van der Waals surface area contributed by atoms with E-state index in [1.807, 2.05) is 0 Å². The monoisotopic (exact) mass is 337 g/mol. The van der Waals surface area contributed by atoms with E-state index in [1.165, 1.54) is 17.0 Å². The maximum absolute atomic E-state index is 12.6. The molecule has 1 aliphatic rings. The first-order valence-corrected chi connectivity index (χ1v) is 5.42. The summed E-state index contributed by atoms with van der Waals surface area (Å²) in [5.74, 6) is 0.130. The zero-order chi connectivity index (χ0) is 13.1. The molecular formula is C14H12F2NOY-. The van der Waals surface area contributed by atoms with E-state index in [9.17, 15) is 13.9 Å². The van der Waals surface area contributed by atoms with Gasteiger partial charge in [0.25, 0.3) is 6.43 Å². The van der Waals surface area contributed by atoms with Crippen LogP contribution in [0, 0.1) is 6.08 Å². The van der Waals surface area contributed by atoms with Gasteiger partial charge in [-0.2, -0.15) is 12.2 Å². The first kappa shape index (κ1) is 16.1. The first-order valence-electron chi connectivity index (χ1n) is 5.42. The van der Waals surface area contributed by atoms with E-state index in [0.29, 0.717) is 17.0 Å². The third kappa shape index (κ3) is 3.98. The molecule has 1 heterocycles. The molecule has 1 N–H and O–H groups in total. The number of hydrogen-bond acceptors (Lipinski definition) is 2. The van der Waals surface area contributed by atoms with Crippen LogP contribution in [0.5, 0.6) is 5.75 Å². The molecule has 2 nitrogen and oxygen atoms in total. The molecule has 0 unspecified atom stereocenters. The Morgan fingerprint density at radius 2 is 1.89 bits per heavy atom. The minimum absolute atomic E-state index is 0. The maximum atomic E-state index is 12.6. The molecule has 0 fully saturated rings. The van der Waals surface area contributed by atoms with E-state index in [4.69, 9.17) is 0 Å². The maximum Gasteiger partial charge on any atom is 0.256 e. The molecule has 0 bridgehead atoms. The van der Waals surface area contributed by atoms with Crippen LogP contribution in [0.25, 0.3) is 5.70 Å². The zero-order valence-corrected chi connectivity index (χ0v) is 13.0. The average molecular weight is 337 g/mol. The van der Waals surface area contributed by atoms with Crippen LogP contribution in [0.2, 0.25) is 0 Å². The van der Waals surface area contributed by atoms with Crippen LogP contribution in [0.4, 0.5) is 8.78 Å². The molecule has 0 spiro atoms. The number of phenols is 1. The smallest absolute Gasteiger partial charge is 0.256 e. The van der Waals surface area contributed by atoms with Crippen LogP contribution in [0.1, 0.15) is 5.56 Å². The van der Waals surface area contributed by atoms with Gasteiger partial charge >= 0.3 is 0 Å². The van der Waals surface area contributed by atoms with Crippen molar-refractivity contribution in [3.63, 3.8) is 0 Å². The minimum Gasteiger partial charge on any atom is -0.508 e. The summed E-state index contributed by atoms with van der Waals surface area (Å²) in [5, 5.41) is 9.22. The number of halogens is 2. The molecular weight excluding hydrogens is 325 g/mol. The second-order valence-corrected chi connectivity index (χ2v) is 3.87. The Labute approximate surface area is 136 Å². The molecule has 0 aromatic heterocycles. The van der Waals surface area contributed by atoms with Gasteiger partial charge in [0.1, 0.15) is 5.75 Å². The van der Waals surface area contributed by atoms with Crippen molar-refractivity contribution in [2.75, 3.05) is 6.54 Å². The largest absolute Gasteiger partial charge is 0.508 e. The molecule has 1 aliphatic heterocycles. The summed E-state index contributed by atoms with van der Waals surface area (Å²) >= 11 is 0. The number of allylic oxidation sites excluding steroid dienone is 3. The SMILES string of the molecule is C=C1C=C[C-]=C(c2ccc(O)cc2)N1CC(F)F.[Y]. The summed E-state index contributed by atoms with van der Waals surface area (Å²) in [5.41, 5.74) is 1.74. The molecule has 2 rings (SSSR count). The normalized spacial score (nSPS) is 14.4. The van der Waals surface area contributed by atoms with Gasteiger partial charge in [-0.1, -0.05) is 17.8 Å². The Balaban J connectivity index is 0.00000180. The molecule has 0 saturated carbocycles. The molecule has 0 aliphatic carbocycles. The Kier molecular flexibility index (Phi) is 5.89. The fourth-order valence-electron chi connectivity index (χ4n) is 1.73. The molecule has 19 heavy (non-hydrogen) atoms. The Hall–Kier alpha value is -0.996. The molecule has 0 amide bonds. The summed E-state index contributed by atoms with van der Waals surface area (Å²) in [7, 11) is 0. The molecule has 97 valence electrons. The van der Waals surface area contributed by atoms with Crippen molar-refractivity contribution in [3.8, 4) is 5.75 Å². The topological polar surface area (TPSA) is 23.5 Å². The van der Waals surface area contributed by atoms with Crippen molar-refractivity contribution < 1.29 is 46.6 Å². The number of hydrogen-bond donors (Lipinski definition) is 1. The van der Waals surface area contributed by atoms with Crippen LogP contribution in [0.15, 0.2) is 48.7 Å². The summed E-state index contributed by atoms with van der Waals surface area (Å²) in [6.07, 6.45) is 3.75. The van der Waals surface area contributed by atoms with E-state index in [0.717, 1.165) is 0 Å². The fourth-order valence-corrected chi connectivity index (χ4v) is 1.73. The summed E-state index contributed by atoms with van der Waals surface area (Å²) in [6, 6.07) is 6.32. The van der Waals surface area contributed by atoms with Crippen molar-refractivity contribution in [1.82, 2.24) is 4.90 Å². The van der Waals surface area contributed by atoms with E-state index >= 15 is 0 Å². The fraction of sp³-hybridized carbons (Fsp3) is 0.143. The number of benzene rings is 1. The van der Waals surface area contributed by atoms with Gasteiger partial charge in [0.2, 0.25) is 0 Å². The van der Waals surface area contributed by atoms with Crippen LogP contribution in [-0.2, 0) is 32.7 Å². The van der Waals surface area contributed by atoms with Crippen LogP contribution in [0.3, 0.4) is 0 Å². The van der Waals surface area contributed by atoms with Crippen molar-refractivity contribution in [1.29, 1.82) is 0 Å². The minimum atomic E-state index is -2.46. The summed E-state index contributed by atoms with van der Waals surface area (Å²) in [4.78, 5) is 1.41. The molecule has 0 saturated heterocycles. The molecule has 1 aromatic carbocycles. The Morgan fingerprint density at radius 1 is 1.26 bits per heavy atom.